The smallest absolute Gasteiger partial charge is 0.220 e. The van der Waals surface area contributed by atoms with Gasteiger partial charge in [0.25, 0.3) is 0 Å². The van der Waals surface area contributed by atoms with Crippen LogP contribution < -0.4 is 11.1 Å². The van der Waals surface area contributed by atoms with Gasteiger partial charge >= 0.3 is 0 Å². The first-order valence-electron chi connectivity index (χ1n) is 7.35. The molecule has 2 rings (SSSR count). The Labute approximate surface area is 115 Å². The van der Waals surface area contributed by atoms with Gasteiger partial charge in [-0.2, -0.15) is 0 Å². The molecular weight excluding hydrogens is 236 g/mol. The molecule has 19 heavy (non-hydrogen) atoms. The monoisotopic (exact) mass is 260 g/mol. The van der Waals surface area contributed by atoms with Crippen LogP contribution in [0.4, 0.5) is 5.69 Å². The molecule has 0 aliphatic heterocycles. The lowest BCUT2D eigenvalue weighted by atomic mass is 9.96. The molecule has 0 heterocycles. The summed E-state index contributed by atoms with van der Waals surface area (Å²) in [5, 5.41) is 3.00. The molecule has 3 nitrogen and oxygen atoms in total. The maximum absolute atomic E-state index is 11.9. The number of amides is 1. The Morgan fingerprint density at radius 1 is 1.21 bits per heavy atom. The summed E-state index contributed by atoms with van der Waals surface area (Å²) in [5.74, 6) is 0.762. The number of anilines is 1. The van der Waals surface area contributed by atoms with Crippen LogP contribution in [0.15, 0.2) is 24.3 Å². The number of nitrogens with one attached hydrogen (secondary N) is 1. The highest BCUT2D eigenvalue weighted by molar-refractivity contribution is 5.76. The lowest BCUT2D eigenvalue weighted by molar-refractivity contribution is -0.122. The summed E-state index contributed by atoms with van der Waals surface area (Å²) in [4.78, 5) is 11.9. The zero-order valence-corrected chi connectivity index (χ0v) is 11.5. The molecule has 3 N–H and O–H groups in total. The van der Waals surface area contributed by atoms with Crippen molar-refractivity contribution in [2.24, 2.45) is 5.92 Å². The van der Waals surface area contributed by atoms with Crippen molar-refractivity contribution in [3.8, 4) is 0 Å². The van der Waals surface area contributed by atoms with Crippen LogP contribution in [0, 0.1) is 5.92 Å². The van der Waals surface area contributed by atoms with Crippen LogP contribution in [-0.2, 0) is 11.3 Å². The average molecular weight is 260 g/mol. The Kier molecular flexibility index (Phi) is 5.25. The van der Waals surface area contributed by atoms with E-state index in [-0.39, 0.29) is 5.91 Å². The Hall–Kier alpha value is -1.51. The Morgan fingerprint density at radius 2 is 1.95 bits per heavy atom. The fraction of sp³-hybridized carbons (Fsp3) is 0.562. The van der Waals surface area contributed by atoms with Gasteiger partial charge < -0.3 is 11.1 Å². The fourth-order valence-corrected chi connectivity index (χ4v) is 2.81. The van der Waals surface area contributed by atoms with Gasteiger partial charge in [-0.3, -0.25) is 4.79 Å². The summed E-state index contributed by atoms with van der Waals surface area (Å²) in [6.07, 6.45) is 8.35. The molecule has 0 radical (unpaired) electrons. The lowest BCUT2D eigenvalue weighted by Crippen LogP contribution is -2.25. The summed E-state index contributed by atoms with van der Waals surface area (Å²) >= 11 is 0. The second-order valence-corrected chi connectivity index (χ2v) is 5.58. The van der Waals surface area contributed by atoms with Crippen molar-refractivity contribution in [3.05, 3.63) is 29.8 Å². The SMILES string of the molecule is Nc1cccc(CNC(=O)CC2CCCCCC2)c1. The van der Waals surface area contributed by atoms with E-state index in [0.29, 0.717) is 18.9 Å². The second kappa shape index (κ2) is 7.17. The lowest BCUT2D eigenvalue weighted by Gasteiger charge is -2.13. The van der Waals surface area contributed by atoms with Crippen molar-refractivity contribution < 1.29 is 4.79 Å². The molecule has 0 atom stereocenters. The van der Waals surface area contributed by atoms with Crippen LogP contribution in [0.5, 0.6) is 0 Å². The molecule has 1 aromatic rings. The third-order valence-electron chi connectivity index (χ3n) is 3.89. The normalized spacial score (nSPS) is 16.8. The maximum atomic E-state index is 11.9. The van der Waals surface area contributed by atoms with Crippen molar-refractivity contribution in [1.29, 1.82) is 0 Å². The molecule has 0 unspecified atom stereocenters. The van der Waals surface area contributed by atoms with Gasteiger partial charge in [0.15, 0.2) is 0 Å². The van der Waals surface area contributed by atoms with E-state index in [1.54, 1.807) is 0 Å². The molecule has 0 bridgehead atoms. The first kappa shape index (κ1) is 13.9. The minimum atomic E-state index is 0.175. The highest BCUT2D eigenvalue weighted by Gasteiger charge is 2.15. The molecule has 1 aliphatic rings. The molecule has 0 saturated heterocycles. The zero-order chi connectivity index (χ0) is 13.5. The molecule has 0 spiro atoms. The van der Waals surface area contributed by atoms with Crippen molar-refractivity contribution in [3.63, 3.8) is 0 Å². The number of hydrogen-bond donors (Lipinski definition) is 2. The van der Waals surface area contributed by atoms with E-state index < -0.39 is 0 Å². The standard InChI is InChI=1S/C16H24N2O/c17-15-9-5-8-14(10-15)12-18-16(19)11-13-6-3-1-2-4-7-13/h5,8-10,13H,1-4,6-7,11-12,17H2,(H,18,19). The second-order valence-electron chi connectivity index (χ2n) is 5.58. The molecule has 3 heteroatoms. The summed E-state index contributed by atoms with van der Waals surface area (Å²) in [5.41, 5.74) is 7.53. The molecular formula is C16H24N2O. The Morgan fingerprint density at radius 3 is 2.63 bits per heavy atom. The number of rotatable bonds is 4. The highest BCUT2D eigenvalue weighted by atomic mass is 16.1. The average Bonchev–Trinajstić information content (AvgIpc) is 2.65. The van der Waals surface area contributed by atoms with Gasteiger partial charge in [0.1, 0.15) is 0 Å². The number of carbonyl (C=O) groups is 1. The van der Waals surface area contributed by atoms with E-state index in [9.17, 15) is 4.79 Å². The number of carbonyl (C=O) groups excluding carboxylic acids is 1. The van der Waals surface area contributed by atoms with E-state index in [1.165, 1.54) is 38.5 Å². The third-order valence-corrected chi connectivity index (χ3v) is 3.89. The number of nitrogen functional groups attached to an aromatic ring is 1. The topological polar surface area (TPSA) is 55.1 Å². The van der Waals surface area contributed by atoms with E-state index >= 15 is 0 Å². The largest absolute Gasteiger partial charge is 0.399 e. The van der Waals surface area contributed by atoms with Gasteiger partial charge in [-0.15, -0.1) is 0 Å². The van der Waals surface area contributed by atoms with Gasteiger partial charge in [-0.25, -0.2) is 0 Å². The quantitative estimate of drug-likeness (QED) is 0.645. The predicted octanol–water partition coefficient (Wildman–Crippen LogP) is 3.25. The van der Waals surface area contributed by atoms with Crippen LogP contribution in [0.25, 0.3) is 0 Å². The van der Waals surface area contributed by atoms with Gasteiger partial charge in [-0.1, -0.05) is 37.8 Å². The van der Waals surface area contributed by atoms with Crippen LogP contribution in [0.1, 0.15) is 50.5 Å². The third kappa shape index (κ3) is 4.93. The van der Waals surface area contributed by atoms with Crippen molar-refractivity contribution in [2.75, 3.05) is 5.73 Å². The van der Waals surface area contributed by atoms with Crippen molar-refractivity contribution >= 4 is 11.6 Å². The van der Waals surface area contributed by atoms with Crippen LogP contribution in [0.3, 0.4) is 0 Å². The Balaban J connectivity index is 1.74. The van der Waals surface area contributed by atoms with Gasteiger partial charge in [0.05, 0.1) is 0 Å². The van der Waals surface area contributed by atoms with Crippen LogP contribution >= 0.6 is 0 Å². The molecule has 104 valence electrons. The predicted molar refractivity (Wildman–Crippen MR) is 78.5 cm³/mol. The van der Waals surface area contributed by atoms with Crippen molar-refractivity contribution in [1.82, 2.24) is 5.32 Å². The van der Waals surface area contributed by atoms with Crippen molar-refractivity contribution in [2.45, 2.75) is 51.5 Å². The summed E-state index contributed by atoms with van der Waals surface area (Å²) in [6.45, 7) is 0.580. The van der Waals surface area contributed by atoms with E-state index in [2.05, 4.69) is 5.32 Å². The van der Waals surface area contributed by atoms with Gasteiger partial charge in [-0.05, 0) is 36.5 Å². The van der Waals surface area contributed by atoms with Gasteiger partial charge in [0, 0.05) is 18.7 Å². The highest BCUT2D eigenvalue weighted by Crippen LogP contribution is 2.25. The van der Waals surface area contributed by atoms with Gasteiger partial charge in [0.2, 0.25) is 5.91 Å². The number of hydrogen-bond acceptors (Lipinski definition) is 2. The summed E-state index contributed by atoms with van der Waals surface area (Å²) < 4.78 is 0. The van der Waals surface area contributed by atoms with E-state index in [0.717, 1.165) is 11.3 Å². The number of nitrogens with two attached hydrogens (primary N) is 1. The molecule has 0 aromatic heterocycles. The minimum absolute atomic E-state index is 0.175. The molecule has 1 amide bonds. The summed E-state index contributed by atoms with van der Waals surface area (Å²) in [6, 6.07) is 7.67. The molecule has 1 aromatic carbocycles. The van der Waals surface area contributed by atoms with E-state index in [1.807, 2.05) is 24.3 Å². The Bertz CT molecular complexity index is 409. The maximum Gasteiger partial charge on any atom is 0.220 e. The minimum Gasteiger partial charge on any atom is -0.399 e. The van der Waals surface area contributed by atoms with Crippen LogP contribution in [0.2, 0.25) is 0 Å². The molecule has 1 fully saturated rings. The first-order chi connectivity index (χ1) is 9.24. The summed E-state index contributed by atoms with van der Waals surface area (Å²) in [7, 11) is 0. The fourth-order valence-electron chi connectivity index (χ4n) is 2.81. The first-order valence-corrected chi connectivity index (χ1v) is 7.35. The number of benzene rings is 1. The zero-order valence-electron chi connectivity index (χ0n) is 11.5. The molecule has 1 saturated carbocycles. The van der Waals surface area contributed by atoms with Crippen LogP contribution in [-0.4, -0.2) is 5.91 Å². The van der Waals surface area contributed by atoms with E-state index in [4.69, 9.17) is 5.73 Å². The molecule has 1 aliphatic carbocycles.